The molecule has 0 aliphatic heterocycles. The smallest absolute Gasteiger partial charge is 0.320 e. The van der Waals surface area contributed by atoms with Gasteiger partial charge in [-0.3, -0.25) is 9.48 Å². The minimum absolute atomic E-state index is 0.0917. The number of anilines is 1. The summed E-state index contributed by atoms with van der Waals surface area (Å²) in [5, 5.41) is 8.42. The monoisotopic (exact) mass is 430 g/mol. The van der Waals surface area contributed by atoms with Crippen molar-refractivity contribution in [1.29, 1.82) is 0 Å². The number of hydrogen-bond donors (Lipinski definition) is 1. The Morgan fingerprint density at radius 3 is 2.58 bits per heavy atom. The lowest BCUT2D eigenvalue weighted by atomic mass is 9.96. The van der Waals surface area contributed by atoms with Gasteiger partial charge in [0.1, 0.15) is 11.4 Å². The summed E-state index contributed by atoms with van der Waals surface area (Å²) in [6.45, 7) is 3.99. The summed E-state index contributed by atoms with van der Waals surface area (Å²) in [6, 6.07) is 7.50. The van der Waals surface area contributed by atoms with Crippen LogP contribution in [-0.4, -0.2) is 20.7 Å². The topological polar surface area (TPSA) is 59.8 Å². The van der Waals surface area contributed by atoms with Gasteiger partial charge in [0.25, 0.3) is 5.91 Å². The Bertz CT molecular complexity index is 1100. The number of carbonyl (C=O) groups excluding carboxylic acids is 1. The molecular weight excluding hydrogens is 405 g/mol. The number of halogens is 3. The van der Waals surface area contributed by atoms with Gasteiger partial charge in [0, 0.05) is 17.3 Å². The van der Waals surface area contributed by atoms with E-state index in [0.29, 0.717) is 11.7 Å². The molecule has 1 amide bonds. The number of rotatable bonds is 4. The van der Waals surface area contributed by atoms with Crippen LogP contribution >= 0.6 is 0 Å². The van der Waals surface area contributed by atoms with Gasteiger partial charge >= 0.3 is 6.18 Å². The van der Waals surface area contributed by atoms with Crippen molar-refractivity contribution in [3.8, 4) is 0 Å². The van der Waals surface area contributed by atoms with Crippen molar-refractivity contribution in [2.45, 2.75) is 64.1 Å². The van der Waals surface area contributed by atoms with Gasteiger partial charge in [0.05, 0.1) is 11.6 Å². The second kappa shape index (κ2) is 8.32. The Balaban J connectivity index is 1.66. The highest BCUT2D eigenvalue weighted by molar-refractivity contribution is 6.04. The quantitative estimate of drug-likeness (QED) is 0.526. The number of hydrogen-bond acceptors (Lipinski definition) is 3. The zero-order valence-corrected chi connectivity index (χ0v) is 17.5. The molecule has 8 heteroatoms. The first-order valence-corrected chi connectivity index (χ1v) is 10.6. The van der Waals surface area contributed by atoms with Gasteiger partial charge in [-0.2, -0.15) is 18.3 Å². The first-order valence-electron chi connectivity index (χ1n) is 10.6. The highest BCUT2D eigenvalue weighted by Gasteiger charge is 2.33. The third-order valence-corrected chi connectivity index (χ3v) is 5.78. The van der Waals surface area contributed by atoms with Gasteiger partial charge in [-0.15, -0.1) is 0 Å². The van der Waals surface area contributed by atoms with Crippen LogP contribution in [0.15, 0.2) is 36.5 Å². The molecule has 0 radical (unpaired) electrons. The van der Waals surface area contributed by atoms with Crippen LogP contribution in [0.1, 0.15) is 79.7 Å². The van der Waals surface area contributed by atoms with Gasteiger partial charge in [-0.1, -0.05) is 39.2 Å². The first-order chi connectivity index (χ1) is 14.7. The Kier molecular flexibility index (Phi) is 5.73. The lowest BCUT2D eigenvalue weighted by Crippen LogP contribution is -2.18. The summed E-state index contributed by atoms with van der Waals surface area (Å²) >= 11 is 0. The molecule has 1 N–H and O–H groups in total. The van der Waals surface area contributed by atoms with E-state index in [4.69, 9.17) is 5.10 Å². The molecule has 1 aliphatic carbocycles. The molecule has 5 nitrogen and oxygen atoms in total. The highest BCUT2D eigenvalue weighted by atomic mass is 19.4. The SMILES string of the molecule is CC(C)c1cc2nn(C3CCCCC3)cc2cc1NC(=O)c1cccc(C(F)(F)F)n1. The molecule has 1 aliphatic rings. The number of fused-ring (bicyclic) bond motifs is 1. The highest BCUT2D eigenvalue weighted by Crippen LogP contribution is 2.33. The molecule has 4 rings (SSSR count). The third kappa shape index (κ3) is 4.57. The molecule has 31 heavy (non-hydrogen) atoms. The number of alkyl halides is 3. The minimum Gasteiger partial charge on any atom is -0.320 e. The number of amides is 1. The van der Waals surface area contributed by atoms with Crippen LogP contribution in [0.5, 0.6) is 0 Å². The van der Waals surface area contributed by atoms with Crippen LogP contribution in [0.4, 0.5) is 18.9 Å². The summed E-state index contributed by atoms with van der Waals surface area (Å²) < 4.78 is 40.9. The van der Waals surface area contributed by atoms with Gasteiger partial charge < -0.3 is 5.32 Å². The van der Waals surface area contributed by atoms with E-state index in [9.17, 15) is 18.0 Å². The summed E-state index contributed by atoms with van der Waals surface area (Å²) in [6.07, 6.45) is 3.26. The van der Waals surface area contributed by atoms with Crippen molar-refractivity contribution in [1.82, 2.24) is 14.8 Å². The molecule has 2 aromatic heterocycles. The van der Waals surface area contributed by atoms with Gasteiger partial charge in [-0.25, -0.2) is 4.98 Å². The molecule has 164 valence electrons. The third-order valence-electron chi connectivity index (χ3n) is 5.78. The molecule has 1 fully saturated rings. The van der Waals surface area contributed by atoms with Crippen molar-refractivity contribution < 1.29 is 18.0 Å². The van der Waals surface area contributed by atoms with E-state index >= 15 is 0 Å². The summed E-state index contributed by atoms with van der Waals surface area (Å²) in [5.41, 5.74) is 0.928. The van der Waals surface area contributed by atoms with Gasteiger partial charge in [-0.05, 0) is 48.6 Å². The second-order valence-corrected chi connectivity index (χ2v) is 8.41. The van der Waals surface area contributed by atoms with Crippen molar-refractivity contribution in [2.75, 3.05) is 5.32 Å². The summed E-state index contributed by atoms with van der Waals surface area (Å²) in [7, 11) is 0. The van der Waals surface area contributed by atoms with Crippen molar-refractivity contribution >= 4 is 22.5 Å². The Labute approximate surface area is 178 Å². The van der Waals surface area contributed by atoms with Crippen molar-refractivity contribution in [3.05, 3.63) is 53.5 Å². The van der Waals surface area contributed by atoms with E-state index in [-0.39, 0.29) is 11.6 Å². The number of carbonyl (C=O) groups is 1. The molecule has 0 saturated heterocycles. The molecule has 1 saturated carbocycles. The Hall–Kier alpha value is -2.90. The van der Waals surface area contributed by atoms with E-state index < -0.39 is 17.8 Å². The lowest BCUT2D eigenvalue weighted by molar-refractivity contribution is -0.141. The predicted octanol–water partition coefficient (Wildman–Crippen LogP) is 6.33. The maximum absolute atomic E-state index is 13.0. The number of nitrogens with one attached hydrogen (secondary N) is 1. The zero-order chi connectivity index (χ0) is 22.2. The number of benzene rings is 1. The van der Waals surface area contributed by atoms with Gasteiger partial charge in [0.2, 0.25) is 0 Å². The van der Waals surface area contributed by atoms with Crippen molar-refractivity contribution in [2.24, 2.45) is 0 Å². The average Bonchev–Trinajstić information content (AvgIpc) is 3.16. The molecule has 0 atom stereocenters. The predicted molar refractivity (Wildman–Crippen MR) is 113 cm³/mol. The average molecular weight is 430 g/mol. The zero-order valence-electron chi connectivity index (χ0n) is 17.5. The van der Waals surface area contributed by atoms with E-state index in [1.54, 1.807) is 0 Å². The molecule has 0 unspecified atom stereocenters. The maximum Gasteiger partial charge on any atom is 0.433 e. The molecular formula is C23H25F3N4O. The number of pyridine rings is 1. The molecule has 0 spiro atoms. The van der Waals surface area contributed by atoms with Crippen LogP contribution in [0.3, 0.4) is 0 Å². The van der Waals surface area contributed by atoms with E-state index in [0.717, 1.165) is 35.4 Å². The Morgan fingerprint density at radius 1 is 1.16 bits per heavy atom. The fraction of sp³-hybridized carbons (Fsp3) is 0.435. The van der Waals surface area contributed by atoms with Crippen LogP contribution in [0.25, 0.3) is 10.9 Å². The normalized spacial score (nSPS) is 15.5. The molecule has 0 bridgehead atoms. The first kappa shape index (κ1) is 21.3. The molecule has 2 heterocycles. The van der Waals surface area contributed by atoms with Crippen LogP contribution < -0.4 is 5.32 Å². The molecule has 1 aromatic carbocycles. The van der Waals surface area contributed by atoms with Crippen LogP contribution in [0, 0.1) is 0 Å². The maximum atomic E-state index is 13.0. The second-order valence-electron chi connectivity index (χ2n) is 8.41. The van der Waals surface area contributed by atoms with Crippen LogP contribution in [0.2, 0.25) is 0 Å². The lowest BCUT2D eigenvalue weighted by Gasteiger charge is -2.21. The molecule has 3 aromatic rings. The van der Waals surface area contributed by atoms with Crippen molar-refractivity contribution in [3.63, 3.8) is 0 Å². The number of aromatic nitrogens is 3. The van der Waals surface area contributed by atoms with E-state index in [2.05, 4.69) is 10.3 Å². The minimum atomic E-state index is -4.61. The summed E-state index contributed by atoms with van der Waals surface area (Å²) in [5.74, 6) is -0.582. The fourth-order valence-corrected chi connectivity index (χ4v) is 4.13. The fourth-order valence-electron chi connectivity index (χ4n) is 4.13. The number of nitrogens with zero attached hydrogens (tertiary/aromatic N) is 3. The summed E-state index contributed by atoms with van der Waals surface area (Å²) in [4.78, 5) is 16.2. The van der Waals surface area contributed by atoms with E-state index in [1.807, 2.05) is 36.9 Å². The van der Waals surface area contributed by atoms with Crippen LogP contribution in [-0.2, 0) is 6.18 Å². The van der Waals surface area contributed by atoms with E-state index in [1.165, 1.54) is 31.4 Å². The van der Waals surface area contributed by atoms with Gasteiger partial charge in [0.15, 0.2) is 0 Å². The largest absolute Gasteiger partial charge is 0.433 e. The standard InChI is InChI=1S/C23H25F3N4O/c1-14(2)17-12-19-15(13-30(29-19)16-7-4-3-5-8-16)11-20(17)28-22(31)18-9-6-10-21(27-18)23(24,25)26/h6,9-14,16H,3-5,7-8H2,1-2H3,(H,28,31). The Morgan fingerprint density at radius 2 is 1.90 bits per heavy atom.